The highest BCUT2D eigenvalue weighted by Crippen LogP contribution is 2.51. The Hall–Kier alpha value is -2.69. The van der Waals surface area contributed by atoms with E-state index in [2.05, 4.69) is 20.1 Å². The maximum Gasteiger partial charge on any atom is 0.297 e. The van der Waals surface area contributed by atoms with E-state index in [1.165, 1.54) is 17.6 Å². The lowest BCUT2D eigenvalue weighted by molar-refractivity contribution is -0.182. The van der Waals surface area contributed by atoms with E-state index >= 15 is 0 Å². The summed E-state index contributed by atoms with van der Waals surface area (Å²) >= 11 is 1.44. The number of piperidine rings is 1. The molecule has 10 heteroatoms. The Kier molecular flexibility index (Phi) is 5.54. The van der Waals surface area contributed by atoms with Gasteiger partial charge in [-0.25, -0.2) is 9.67 Å². The lowest BCUT2D eigenvalue weighted by atomic mass is 9.84. The molecule has 33 heavy (non-hydrogen) atoms. The van der Waals surface area contributed by atoms with Crippen LogP contribution < -0.4 is 0 Å². The Morgan fingerprint density at radius 3 is 2.85 bits per heavy atom. The molecule has 0 aliphatic carbocycles. The molecule has 174 valence electrons. The van der Waals surface area contributed by atoms with Gasteiger partial charge in [0, 0.05) is 58.5 Å². The summed E-state index contributed by atoms with van der Waals surface area (Å²) in [7, 11) is 0. The number of halogens is 2. The van der Waals surface area contributed by atoms with Crippen LogP contribution in [-0.2, 0) is 22.8 Å². The normalized spacial score (nSPS) is 19.9. The number of hydrogen-bond acceptors (Lipinski definition) is 7. The minimum absolute atomic E-state index is 0.152. The van der Waals surface area contributed by atoms with Crippen molar-refractivity contribution in [3.05, 3.63) is 62.7 Å². The first-order chi connectivity index (χ1) is 15.8. The summed E-state index contributed by atoms with van der Waals surface area (Å²) < 4.78 is 36.4. The third kappa shape index (κ3) is 3.96. The average Bonchev–Trinajstić information content (AvgIpc) is 3.37. The second-order valence-electron chi connectivity index (χ2n) is 8.71. The summed E-state index contributed by atoms with van der Waals surface area (Å²) in [6, 6.07) is 5.20. The number of ether oxygens (including phenoxy) is 1. The molecular formula is C23H25F2N5O2S. The SMILES string of the molecule is Cc1cc2c(s1)C1(CCN(Cc3cn(-c4ncccc4/C=N/O)nc3C)CC1)OCC2(F)F. The molecule has 0 amide bonds. The van der Waals surface area contributed by atoms with Gasteiger partial charge in [-0.05, 0) is 44.9 Å². The van der Waals surface area contributed by atoms with Crippen LogP contribution >= 0.6 is 11.3 Å². The van der Waals surface area contributed by atoms with Crippen molar-refractivity contribution in [1.29, 1.82) is 0 Å². The van der Waals surface area contributed by atoms with Crippen molar-refractivity contribution in [1.82, 2.24) is 19.7 Å². The fraction of sp³-hybridized carbons (Fsp3) is 0.435. The second-order valence-corrected chi connectivity index (χ2v) is 9.96. The zero-order valence-corrected chi connectivity index (χ0v) is 19.3. The van der Waals surface area contributed by atoms with Crippen LogP contribution in [0.15, 0.2) is 35.7 Å². The van der Waals surface area contributed by atoms with Crippen molar-refractivity contribution < 1.29 is 18.7 Å². The number of nitrogens with zero attached hydrogens (tertiary/aromatic N) is 5. The highest BCUT2D eigenvalue weighted by molar-refractivity contribution is 7.12. The van der Waals surface area contributed by atoms with Crippen molar-refractivity contribution in [3.63, 3.8) is 0 Å². The highest BCUT2D eigenvalue weighted by Gasteiger charge is 2.51. The summed E-state index contributed by atoms with van der Waals surface area (Å²) in [4.78, 5) is 8.28. The average molecular weight is 474 g/mol. The predicted octanol–water partition coefficient (Wildman–Crippen LogP) is 4.37. The van der Waals surface area contributed by atoms with E-state index in [0.717, 1.165) is 29.2 Å². The van der Waals surface area contributed by atoms with Crippen LogP contribution in [0, 0.1) is 13.8 Å². The molecule has 0 bridgehead atoms. The van der Waals surface area contributed by atoms with Crippen LogP contribution in [0.3, 0.4) is 0 Å². The minimum Gasteiger partial charge on any atom is -0.411 e. The molecule has 5 heterocycles. The van der Waals surface area contributed by atoms with E-state index in [9.17, 15) is 8.78 Å². The lowest BCUT2D eigenvalue weighted by Crippen LogP contribution is -2.48. The van der Waals surface area contributed by atoms with Crippen LogP contribution in [-0.4, -0.2) is 50.8 Å². The largest absolute Gasteiger partial charge is 0.411 e. The quantitative estimate of drug-likeness (QED) is 0.346. The predicted molar refractivity (Wildman–Crippen MR) is 121 cm³/mol. The molecule has 2 aliphatic heterocycles. The Morgan fingerprint density at radius 2 is 2.09 bits per heavy atom. The smallest absolute Gasteiger partial charge is 0.297 e. The Bertz CT molecular complexity index is 1200. The molecule has 1 fully saturated rings. The van der Waals surface area contributed by atoms with Gasteiger partial charge in [-0.1, -0.05) is 5.16 Å². The molecular weight excluding hydrogens is 448 g/mol. The zero-order chi connectivity index (χ0) is 23.2. The molecule has 0 saturated carbocycles. The number of oxime groups is 1. The molecule has 0 unspecified atom stereocenters. The number of fused-ring (bicyclic) bond motifs is 2. The number of aromatic nitrogens is 3. The molecule has 5 rings (SSSR count). The summed E-state index contributed by atoms with van der Waals surface area (Å²) in [5.41, 5.74) is 2.14. The maximum absolute atomic E-state index is 14.4. The first-order valence-corrected chi connectivity index (χ1v) is 11.7. The number of rotatable bonds is 4. The Morgan fingerprint density at radius 1 is 1.30 bits per heavy atom. The van der Waals surface area contributed by atoms with Gasteiger partial charge in [0.05, 0.1) is 11.9 Å². The Balaban J connectivity index is 1.32. The molecule has 1 N–H and O–H groups in total. The zero-order valence-electron chi connectivity index (χ0n) is 18.5. The second kappa shape index (κ2) is 8.27. The fourth-order valence-corrected chi connectivity index (χ4v) is 5.97. The third-order valence-corrected chi connectivity index (χ3v) is 7.72. The van der Waals surface area contributed by atoms with E-state index in [1.807, 2.05) is 20.0 Å². The number of thiophene rings is 1. The topological polar surface area (TPSA) is 75.8 Å². The van der Waals surface area contributed by atoms with Crippen LogP contribution in [0.2, 0.25) is 0 Å². The fourth-order valence-electron chi connectivity index (χ4n) is 4.70. The van der Waals surface area contributed by atoms with Crippen molar-refractivity contribution >= 4 is 17.6 Å². The first-order valence-electron chi connectivity index (χ1n) is 10.8. The van der Waals surface area contributed by atoms with Crippen LogP contribution in [0.25, 0.3) is 5.82 Å². The van der Waals surface area contributed by atoms with E-state index in [4.69, 9.17) is 9.94 Å². The third-order valence-electron chi connectivity index (χ3n) is 6.48. The van der Waals surface area contributed by atoms with Crippen LogP contribution in [0.5, 0.6) is 0 Å². The van der Waals surface area contributed by atoms with Gasteiger partial charge in [-0.2, -0.15) is 13.9 Å². The van der Waals surface area contributed by atoms with E-state index in [0.29, 0.717) is 35.6 Å². The Labute approximate surface area is 194 Å². The van der Waals surface area contributed by atoms with Gasteiger partial charge < -0.3 is 9.94 Å². The number of hydrogen-bond donors (Lipinski definition) is 1. The van der Waals surface area contributed by atoms with Crippen molar-refractivity contribution in [2.75, 3.05) is 19.7 Å². The van der Waals surface area contributed by atoms with Crippen LogP contribution in [0.1, 0.15) is 45.0 Å². The molecule has 7 nitrogen and oxygen atoms in total. The number of aryl methyl sites for hydroxylation is 2. The van der Waals surface area contributed by atoms with Gasteiger partial charge in [0.15, 0.2) is 5.82 Å². The van der Waals surface area contributed by atoms with Gasteiger partial charge in [0.2, 0.25) is 0 Å². The summed E-state index contributed by atoms with van der Waals surface area (Å²) in [6.07, 6.45) is 6.30. The number of likely N-dealkylation sites (tertiary alicyclic amines) is 1. The molecule has 2 aliphatic rings. The van der Waals surface area contributed by atoms with Crippen LogP contribution in [0.4, 0.5) is 8.78 Å². The van der Waals surface area contributed by atoms with Gasteiger partial charge in [-0.3, -0.25) is 4.90 Å². The molecule has 1 spiro atoms. The molecule has 3 aromatic heterocycles. The first kappa shape index (κ1) is 22.1. The molecule has 0 aromatic carbocycles. The van der Waals surface area contributed by atoms with Gasteiger partial charge in [0.25, 0.3) is 5.92 Å². The summed E-state index contributed by atoms with van der Waals surface area (Å²) in [5.74, 6) is -2.33. The molecule has 1 saturated heterocycles. The van der Waals surface area contributed by atoms with Crippen molar-refractivity contribution in [2.24, 2.45) is 5.16 Å². The summed E-state index contributed by atoms with van der Waals surface area (Å²) in [6.45, 7) is 5.47. The van der Waals surface area contributed by atoms with E-state index in [1.54, 1.807) is 29.1 Å². The van der Waals surface area contributed by atoms with Crippen molar-refractivity contribution in [2.45, 2.75) is 44.8 Å². The lowest BCUT2D eigenvalue weighted by Gasteiger charge is -2.45. The van der Waals surface area contributed by atoms with Gasteiger partial charge >= 0.3 is 0 Å². The minimum atomic E-state index is -2.92. The van der Waals surface area contributed by atoms with Crippen molar-refractivity contribution in [3.8, 4) is 5.82 Å². The van der Waals surface area contributed by atoms with Gasteiger partial charge in [-0.15, -0.1) is 11.3 Å². The number of alkyl halides is 2. The molecule has 0 radical (unpaired) electrons. The maximum atomic E-state index is 14.4. The van der Waals surface area contributed by atoms with Gasteiger partial charge in [0.1, 0.15) is 12.2 Å². The highest BCUT2D eigenvalue weighted by atomic mass is 32.1. The number of pyridine rings is 1. The molecule has 3 aromatic rings. The summed E-state index contributed by atoms with van der Waals surface area (Å²) in [5, 5.41) is 16.6. The standard InChI is InChI=1S/C23H25F2N5O2S/c1-15-10-19-20(33-15)22(32-14-23(19,24)25)5-8-29(9-6-22)12-18-13-30(28-16(18)2)21-17(11-27-31)4-3-7-26-21/h3-4,7,10-11,13,31H,5-6,8-9,12,14H2,1-2H3/b27-11+. The van der Waals surface area contributed by atoms with E-state index in [-0.39, 0.29) is 5.56 Å². The monoisotopic (exact) mass is 473 g/mol. The van der Waals surface area contributed by atoms with E-state index < -0.39 is 18.1 Å². The molecule has 0 atom stereocenters.